The third-order valence-corrected chi connectivity index (χ3v) is 8.37. The highest BCUT2D eigenvalue weighted by Gasteiger charge is 2.37. The molecule has 0 bridgehead atoms. The zero-order chi connectivity index (χ0) is 35.8. The molecule has 0 amide bonds. The Balaban J connectivity index is 0.000000574. The van der Waals surface area contributed by atoms with E-state index in [2.05, 4.69) is 120 Å². The van der Waals surface area contributed by atoms with Gasteiger partial charge in [-0.05, 0) is 139 Å². The molecule has 0 spiro atoms. The van der Waals surface area contributed by atoms with E-state index in [4.69, 9.17) is 15.3 Å². The number of hydrogen-bond acceptors (Lipinski definition) is 6. The number of carboxylic acids is 3. The van der Waals surface area contributed by atoms with Crippen LogP contribution < -0.4 is 16.0 Å². The fraction of sp³-hybridized carbons (Fsp3) is 0.917. The van der Waals surface area contributed by atoms with Crippen molar-refractivity contribution in [1.82, 2.24) is 16.0 Å². The lowest BCUT2D eigenvalue weighted by Gasteiger charge is -2.45. The van der Waals surface area contributed by atoms with Crippen LogP contribution in [-0.4, -0.2) is 66.5 Å². The van der Waals surface area contributed by atoms with Gasteiger partial charge in [-0.15, -0.1) is 0 Å². The summed E-state index contributed by atoms with van der Waals surface area (Å²) in [7, 11) is 0. The van der Waals surface area contributed by atoms with E-state index in [9.17, 15) is 14.4 Å². The van der Waals surface area contributed by atoms with Gasteiger partial charge in [0.1, 0.15) is 0 Å². The maximum atomic E-state index is 10.2. The van der Waals surface area contributed by atoms with Crippen molar-refractivity contribution < 1.29 is 29.7 Å². The van der Waals surface area contributed by atoms with Crippen LogP contribution in [-0.2, 0) is 14.4 Å². The second-order valence-corrected chi connectivity index (χ2v) is 18.4. The third-order valence-electron chi connectivity index (χ3n) is 8.37. The monoisotopic (exact) mass is 642 g/mol. The molecule has 0 radical (unpaired) electrons. The Hall–Kier alpha value is -1.71. The number of piperidine rings is 3. The number of hydrogen-bond donors (Lipinski definition) is 6. The molecule has 0 aliphatic carbocycles. The number of carboxylic acid groups (broad SMARTS) is 3. The normalized spacial score (nSPS) is 24.8. The van der Waals surface area contributed by atoms with Crippen LogP contribution in [0.3, 0.4) is 0 Å². The van der Waals surface area contributed by atoms with Gasteiger partial charge in [-0.25, -0.2) is 0 Å². The van der Waals surface area contributed by atoms with Crippen molar-refractivity contribution >= 4 is 17.9 Å². The van der Waals surface area contributed by atoms with Crippen molar-refractivity contribution in [3.8, 4) is 0 Å². The summed E-state index contributed by atoms with van der Waals surface area (Å²) in [6.07, 6.45) is 6.48. The van der Waals surface area contributed by atoms with Crippen molar-refractivity contribution in [2.45, 2.75) is 188 Å². The van der Waals surface area contributed by atoms with Gasteiger partial charge >= 0.3 is 17.9 Å². The molecule has 3 fully saturated rings. The van der Waals surface area contributed by atoms with Gasteiger partial charge in [0, 0.05) is 33.2 Å². The van der Waals surface area contributed by atoms with Gasteiger partial charge in [0.05, 0.1) is 18.8 Å². The predicted octanol–water partition coefficient (Wildman–Crippen LogP) is 7.33. The molecule has 0 aromatic heterocycles. The Bertz CT molecular complexity index is 820. The van der Waals surface area contributed by atoms with Gasteiger partial charge in [-0.3, -0.25) is 14.4 Å². The van der Waals surface area contributed by atoms with Gasteiger partial charge in [-0.2, -0.15) is 0 Å². The molecule has 0 aromatic rings. The van der Waals surface area contributed by atoms with Gasteiger partial charge in [-0.1, -0.05) is 20.8 Å². The predicted molar refractivity (Wildman–Crippen MR) is 185 cm³/mol. The molecular formula is C36H71N3O6. The van der Waals surface area contributed by atoms with E-state index in [0.29, 0.717) is 33.2 Å². The largest absolute Gasteiger partial charge is 0.481 e. The minimum absolute atomic E-state index is 0.334. The Morgan fingerprint density at radius 2 is 0.667 bits per heavy atom. The highest BCUT2D eigenvalue weighted by Crippen LogP contribution is 2.34. The van der Waals surface area contributed by atoms with Gasteiger partial charge in [0.25, 0.3) is 0 Å². The summed E-state index contributed by atoms with van der Waals surface area (Å²) in [4.78, 5) is 30.3. The SMILES string of the molecule is CC1CC(C)(C)NC(C)(C)C1.CC1CC(C)(C)NC(C)(C)C1.CC1CC(C)(C)NC(C)(C)C1.O=C(O)CC(CC(=O)O)C(=O)O. The molecule has 3 saturated heterocycles. The molecular weight excluding hydrogens is 570 g/mol. The van der Waals surface area contributed by atoms with Crippen molar-refractivity contribution in [2.24, 2.45) is 23.7 Å². The number of carbonyl (C=O) groups is 3. The highest BCUT2D eigenvalue weighted by molar-refractivity contribution is 5.82. The molecule has 3 aliphatic rings. The Kier molecular flexibility index (Phi) is 15.8. The quantitative estimate of drug-likeness (QED) is 0.182. The van der Waals surface area contributed by atoms with E-state index in [-0.39, 0.29) is 0 Å². The number of aliphatic carboxylic acids is 3. The summed E-state index contributed by atoms with van der Waals surface area (Å²) >= 11 is 0. The van der Waals surface area contributed by atoms with Gasteiger partial charge in [0.2, 0.25) is 0 Å². The average Bonchev–Trinajstić information content (AvgIpc) is 2.65. The lowest BCUT2D eigenvalue weighted by Crippen LogP contribution is -2.57. The molecule has 3 aliphatic heterocycles. The van der Waals surface area contributed by atoms with Crippen LogP contribution in [0, 0.1) is 23.7 Å². The zero-order valence-corrected chi connectivity index (χ0v) is 31.5. The van der Waals surface area contributed by atoms with Crippen molar-refractivity contribution in [1.29, 1.82) is 0 Å². The Morgan fingerprint density at radius 3 is 0.778 bits per heavy atom. The highest BCUT2D eigenvalue weighted by atomic mass is 16.4. The molecule has 0 saturated carbocycles. The summed E-state index contributed by atoms with van der Waals surface area (Å²) in [5, 5.41) is 35.7. The van der Waals surface area contributed by atoms with Gasteiger partial charge < -0.3 is 31.3 Å². The molecule has 0 unspecified atom stereocenters. The maximum absolute atomic E-state index is 10.2. The first-order chi connectivity index (χ1) is 19.9. The molecule has 6 N–H and O–H groups in total. The summed E-state index contributed by atoms with van der Waals surface area (Å²) in [5.41, 5.74) is 2.01. The first kappa shape index (κ1) is 43.3. The second kappa shape index (κ2) is 16.4. The summed E-state index contributed by atoms with van der Waals surface area (Å²) in [6.45, 7) is 34.6. The number of nitrogens with one attached hydrogen (secondary N) is 3. The molecule has 3 rings (SSSR count). The van der Waals surface area contributed by atoms with E-state index in [1.54, 1.807) is 0 Å². The second-order valence-electron chi connectivity index (χ2n) is 18.4. The fourth-order valence-electron chi connectivity index (χ4n) is 9.17. The van der Waals surface area contributed by atoms with Crippen LogP contribution in [0.25, 0.3) is 0 Å². The first-order valence-corrected chi connectivity index (χ1v) is 16.9. The minimum atomic E-state index is -1.40. The van der Waals surface area contributed by atoms with Gasteiger partial charge in [0.15, 0.2) is 0 Å². The van der Waals surface area contributed by atoms with Crippen LogP contribution in [0.4, 0.5) is 0 Å². The molecule has 0 atom stereocenters. The van der Waals surface area contributed by atoms with Crippen LogP contribution in [0.5, 0.6) is 0 Å². The molecule has 0 aromatic carbocycles. The maximum Gasteiger partial charge on any atom is 0.307 e. The van der Waals surface area contributed by atoms with Crippen molar-refractivity contribution in [3.63, 3.8) is 0 Å². The van der Waals surface area contributed by atoms with E-state index < -0.39 is 36.7 Å². The van der Waals surface area contributed by atoms with E-state index in [0.717, 1.165) is 17.8 Å². The van der Waals surface area contributed by atoms with Crippen molar-refractivity contribution in [2.75, 3.05) is 0 Å². The molecule has 9 heteroatoms. The number of rotatable bonds is 5. The van der Waals surface area contributed by atoms with Crippen LogP contribution in [0.1, 0.15) is 155 Å². The smallest absolute Gasteiger partial charge is 0.307 e. The summed E-state index contributed by atoms with van der Waals surface area (Å²) < 4.78 is 0. The Morgan fingerprint density at radius 1 is 0.489 bits per heavy atom. The summed E-state index contributed by atoms with van der Waals surface area (Å²) in [5.74, 6) is -2.80. The van der Waals surface area contributed by atoms with Crippen LogP contribution in [0.15, 0.2) is 0 Å². The minimum Gasteiger partial charge on any atom is -0.481 e. The lowest BCUT2D eigenvalue weighted by molar-refractivity contribution is -0.152. The first-order valence-electron chi connectivity index (χ1n) is 16.9. The van der Waals surface area contributed by atoms with E-state index in [1.807, 2.05) is 0 Å². The van der Waals surface area contributed by atoms with E-state index >= 15 is 0 Å². The van der Waals surface area contributed by atoms with E-state index in [1.165, 1.54) is 38.5 Å². The fourth-order valence-corrected chi connectivity index (χ4v) is 9.17. The zero-order valence-electron chi connectivity index (χ0n) is 31.5. The van der Waals surface area contributed by atoms with Crippen molar-refractivity contribution in [3.05, 3.63) is 0 Å². The van der Waals surface area contributed by atoms with Crippen LogP contribution >= 0.6 is 0 Å². The Labute approximate surface area is 275 Å². The standard InChI is InChI=1S/3C10H21N.C6H8O6/c3*1-8-6-9(2,3)11-10(4,5)7-8;7-4(8)1-3(6(11)12)2-5(9)10/h3*8,11H,6-7H2,1-5H3;3H,1-2H2,(H,7,8)(H,9,10)(H,11,12). The summed E-state index contributed by atoms with van der Waals surface area (Å²) in [6, 6.07) is 0. The molecule has 9 nitrogen and oxygen atoms in total. The van der Waals surface area contributed by atoms with Crippen LogP contribution in [0.2, 0.25) is 0 Å². The average molecular weight is 642 g/mol. The lowest BCUT2D eigenvalue weighted by atomic mass is 9.77. The molecule has 45 heavy (non-hydrogen) atoms. The molecule has 266 valence electrons. The molecule has 3 heterocycles. The third kappa shape index (κ3) is 20.2. The topological polar surface area (TPSA) is 148 Å².